The minimum absolute atomic E-state index is 0.0943. The van der Waals surface area contributed by atoms with Crippen molar-refractivity contribution in [3.05, 3.63) is 70.8 Å². The van der Waals surface area contributed by atoms with Crippen molar-refractivity contribution in [1.82, 2.24) is 4.90 Å². The fourth-order valence-corrected chi connectivity index (χ4v) is 3.37. The molecule has 0 unspecified atom stereocenters. The highest BCUT2D eigenvalue weighted by atomic mass is 19.4. The molecule has 2 atom stereocenters. The number of guanidine groups is 1. The summed E-state index contributed by atoms with van der Waals surface area (Å²) < 4.78 is 66.4. The highest BCUT2D eigenvalue weighted by molar-refractivity contribution is 6.02. The summed E-state index contributed by atoms with van der Waals surface area (Å²) in [6.07, 6.45) is -4.54. The van der Waals surface area contributed by atoms with Crippen molar-refractivity contribution in [3.8, 4) is 0 Å². The molecule has 2 N–H and O–H groups in total. The van der Waals surface area contributed by atoms with Gasteiger partial charge in [-0.3, -0.25) is 9.69 Å². The van der Waals surface area contributed by atoms with Crippen LogP contribution in [0.3, 0.4) is 0 Å². The number of alkyl halides is 3. The fourth-order valence-electron chi connectivity index (χ4n) is 3.37. The van der Waals surface area contributed by atoms with Gasteiger partial charge in [0, 0.05) is 18.7 Å². The van der Waals surface area contributed by atoms with Crippen molar-refractivity contribution < 1.29 is 26.7 Å². The van der Waals surface area contributed by atoms with Crippen LogP contribution in [-0.2, 0) is 16.5 Å². The lowest BCUT2D eigenvalue weighted by molar-refractivity contribution is -0.137. The highest BCUT2D eigenvalue weighted by Gasteiger charge is 2.48. The number of hydrogen-bond donors (Lipinski definition) is 1. The van der Waals surface area contributed by atoms with E-state index in [1.807, 2.05) is 0 Å². The lowest BCUT2D eigenvalue weighted by atomic mass is 9.74. The number of halogens is 5. The molecular weight excluding hydrogens is 381 g/mol. The molecule has 2 aromatic rings. The van der Waals surface area contributed by atoms with Gasteiger partial charge in [0.2, 0.25) is 5.91 Å². The Balaban J connectivity index is 2.19. The van der Waals surface area contributed by atoms with Crippen LogP contribution in [0.5, 0.6) is 0 Å². The highest BCUT2D eigenvalue weighted by Crippen LogP contribution is 2.45. The Morgan fingerprint density at radius 2 is 1.71 bits per heavy atom. The molecule has 1 amide bonds. The molecule has 28 heavy (non-hydrogen) atoms. The van der Waals surface area contributed by atoms with Crippen molar-refractivity contribution in [1.29, 1.82) is 0 Å². The maximum Gasteiger partial charge on any atom is 0.416 e. The van der Waals surface area contributed by atoms with Gasteiger partial charge in [0.05, 0.1) is 11.5 Å². The third kappa shape index (κ3) is 3.21. The number of hydrogen-bond acceptors (Lipinski definition) is 3. The molecule has 4 nitrogen and oxygen atoms in total. The Kier molecular flexibility index (Phi) is 4.64. The number of benzene rings is 2. The monoisotopic (exact) mass is 397 g/mol. The van der Waals surface area contributed by atoms with Crippen LogP contribution < -0.4 is 5.73 Å². The smallest absolute Gasteiger partial charge is 0.369 e. The number of amides is 1. The number of carbonyl (C=O) groups is 1. The first-order chi connectivity index (χ1) is 12.9. The summed E-state index contributed by atoms with van der Waals surface area (Å²) in [4.78, 5) is 18.2. The third-order valence-electron chi connectivity index (χ3n) is 4.88. The number of nitrogens with zero attached hydrogens (tertiary/aromatic N) is 2. The van der Waals surface area contributed by atoms with Gasteiger partial charge in [0.1, 0.15) is 17.2 Å². The van der Waals surface area contributed by atoms with Gasteiger partial charge >= 0.3 is 6.18 Å². The van der Waals surface area contributed by atoms with Crippen molar-refractivity contribution in [2.75, 3.05) is 7.05 Å². The predicted octanol–water partition coefficient (Wildman–Crippen LogP) is 3.77. The van der Waals surface area contributed by atoms with E-state index in [1.54, 1.807) is 0 Å². The Labute approximate surface area is 157 Å². The second-order valence-corrected chi connectivity index (χ2v) is 6.69. The Hall–Kier alpha value is -2.97. The van der Waals surface area contributed by atoms with Gasteiger partial charge in [0.25, 0.3) is 0 Å². The minimum atomic E-state index is -4.54. The van der Waals surface area contributed by atoms with E-state index in [-0.39, 0.29) is 17.1 Å². The first kappa shape index (κ1) is 19.8. The molecule has 1 aliphatic heterocycles. The van der Waals surface area contributed by atoms with Crippen LogP contribution in [0.1, 0.15) is 29.5 Å². The third-order valence-corrected chi connectivity index (χ3v) is 4.88. The summed E-state index contributed by atoms with van der Waals surface area (Å²) in [5.74, 6) is -3.66. The van der Waals surface area contributed by atoms with Crippen LogP contribution in [0.2, 0.25) is 0 Å². The van der Waals surface area contributed by atoms with Gasteiger partial charge in [-0.05, 0) is 30.7 Å². The van der Waals surface area contributed by atoms with Crippen molar-refractivity contribution in [3.63, 3.8) is 0 Å². The van der Waals surface area contributed by atoms with Crippen molar-refractivity contribution >= 4 is 11.9 Å². The number of carbonyl (C=O) groups excluding carboxylic acids is 1. The molecule has 3 rings (SSSR count). The zero-order chi connectivity index (χ0) is 20.9. The molecule has 0 fully saturated rings. The molecule has 0 aliphatic carbocycles. The number of rotatable bonds is 2. The zero-order valence-corrected chi connectivity index (χ0v) is 14.9. The van der Waals surface area contributed by atoms with E-state index in [1.165, 1.54) is 14.0 Å². The Bertz CT molecular complexity index is 955. The Morgan fingerprint density at radius 3 is 2.25 bits per heavy atom. The van der Waals surface area contributed by atoms with Crippen molar-refractivity contribution in [2.24, 2.45) is 10.7 Å². The molecule has 1 aliphatic rings. The van der Waals surface area contributed by atoms with Gasteiger partial charge in [0.15, 0.2) is 5.96 Å². The summed E-state index contributed by atoms with van der Waals surface area (Å²) in [7, 11) is 1.36. The van der Waals surface area contributed by atoms with Gasteiger partial charge in [-0.25, -0.2) is 13.8 Å². The molecular formula is C19H16F5N3O. The maximum atomic E-state index is 14.5. The summed E-state index contributed by atoms with van der Waals surface area (Å²) in [5.41, 5.74) is 3.44. The summed E-state index contributed by atoms with van der Waals surface area (Å²) in [5, 5.41) is 0. The molecule has 148 valence electrons. The summed E-state index contributed by atoms with van der Waals surface area (Å²) >= 11 is 0. The first-order valence-corrected chi connectivity index (χ1v) is 8.20. The second kappa shape index (κ2) is 6.57. The largest absolute Gasteiger partial charge is 0.416 e. The van der Waals surface area contributed by atoms with E-state index in [2.05, 4.69) is 4.99 Å². The van der Waals surface area contributed by atoms with E-state index in [0.29, 0.717) is 6.07 Å². The maximum absolute atomic E-state index is 14.5. The first-order valence-electron chi connectivity index (χ1n) is 8.20. The van der Waals surface area contributed by atoms with Crippen molar-refractivity contribution in [2.45, 2.75) is 24.6 Å². The molecule has 0 radical (unpaired) electrons. The lowest BCUT2D eigenvalue weighted by Gasteiger charge is -2.41. The predicted molar refractivity (Wildman–Crippen MR) is 92.3 cm³/mol. The topological polar surface area (TPSA) is 58.7 Å². The van der Waals surface area contributed by atoms with E-state index in [4.69, 9.17) is 5.73 Å². The second-order valence-electron chi connectivity index (χ2n) is 6.69. The fraction of sp³-hybridized carbons (Fsp3) is 0.263. The molecule has 9 heteroatoms. The van der Waals surface area contributed by atoms with E-state index in [0.717, 1.165) is 41.3 Å². The number of likely N-dealkylation sites (N-methyl/N-ethyl adjacent to an activating group) is 1. The number of aliphatic imine (C=N–C) groups is 1. The van der Waals surface area contributed by atoms with Crippen LogP contribution >= 0.6 is 0 Å². The van der Waals surface area contributed by atoms with Crippen LogP contribution in [0, 0.1) is 11.6 Å². The molecule has 0 saturated carbocycles. The molecule has 0 saturated heterocycles. The standard InChI is InChI=1S/C19H16F5N3O/c1-18(13-8-7-12(20)9-14(13)21)15(16(28)27(2)17(25)26-18)10-3-5-11(6-4-10)19(22,23)24/h3-9,15H,1-2H3,(H2,25,26)/t15-,18+/m0/s1. The summed E-state index contributed by atoms with van der Waals surface area (Å²) in [6, 6.07) is 6.79. The lowest BCUT2D eigenvalue weighted by Crippen LogP contribution is -2.52. The Morgan fingerprint density at radius 1 is 1.11 bits per heavy atom. The van der Waals surface area contributed by atoms with Crippen LogP contribution in [-0.4, -0.2) is 23.8 Å². The van der Waals surface area contributed by atoms with Gasteiger partial charge in [-0.2, -0.15) is 13.2 Å². The molecule has 2 aromatic carbocycles. The zero-order valence-electron chi connectivity index (χ0n) is 14.9. The van der Waals surface area contributed by atoms with Gasteiger partial charge < -0.3 is 5.73 Å². The number of nitrogens with two attached hydrogens (primary N) is 1. The quantitative estimate of drug-likeness (QED) is 0.785. The normalized spacial score (nSPS) is 23.0. The molecule has 0 aromatic heterocycles. The molecule has 0 bridgehead atoms. The van der Waals surface area contributed by atoms with Crippen LogP contribution in [0.15, 0.2) is 47.5 Å². The van der Waals surface area contributed by atoms with Crippen LogP contribution in [0.25, 0.3) is 0 Å². The van der Waals surface area contributed by atoms with Gasteiger partial charge in [-0.1, -0.05) is 18.2 Å². The average Bonchev–Trinajstić information content (AvgIpc) is 2.59. The van der Waals surface area contributed by atoms with E-state index >= 15 is 0 Å². The van der Waals surface area contributed by atoms with Crippen LogP contribution in [0.4, 0.5) is 22.0 Å². The van der Waals surface area contributed by atoms with E-state index in [9.17, 15) is 26.7 Å². The molecule has 0 spiro atoms. The average molecular weight is 397 g/mol. The summed E-state index contributed by atoms with van der Waals surface area (Å²) in [6.45, 7) is 1.43. The SMILES string of the molecule is CN1C(=O)[C@H](c2ccc(C(F)(F)F)cc2)[C@@](C)(c2ccc(F)cc2F)N=C1N. The van der Waals surface area contributed by atoms with E-state index < -0.39 is 40.7 Å². The molecule has 1 heterocycles. The van der Waals surface area contributed by atoms with Gasteiger partial charge in [-0.15, -0.1) is 0 Å². The minimum Gasteiger partial charge on any atom is -0.369 e.